The number of rotatable bonds is 7. The number of hydrogen-bond donors (Lipinski definition) is 1. The number of carbonyl (C=O) groups excluding carboxylic acids is 3. The number of amides is 4. The summed E-state index contributed by atoms with van der Waals surface area (Å²) in [5.41, 5.74) is 2.57. The number of benzene rings is 3. The average Bonchev–Trinajstić information content (AvgIpc) is 2.87. The van der Waals surface area contributed by atoms with E-state index in [0.29, 0.717) is 22.7 Å². The Morgan fingerprint density at radius 1 is 1.00 bits per heavy atom. The van der Waals surface area contributed by atoms with Crippen LogP contribution < -0.4 is 19.7 Å². The molecule has 1 saturated heterocycles. The van der Waals surface area contributed by atoms with Gasteiger partial charge in [0.1, 0.15) is 12.2 Å². The molecule has 1 heterocycles. The molecule has 0 bridgehead atoms. The molecule has 0 spiro atoms. The lowest BCUT2D eigenvalue weighted by atomic mass is 10.1. The molecule has 4 rings (SSSR count). The molecule has 0 aliphatic carbocycles. The first-order chi connectivity index (χ1) is 17.3. The van der Waals surface area contributed by atoms with E-state index < -0.39 is 17.8 Å². The van der Waals surface area contributed by atoms with Crippen molar-refractivity contribution in [1.82, 2.24) is 5.32 Å². The van der Waals surface area contributed by atoms with Gasteiger partial charge in [0.25, 0.3) is 11.8 Å². The highest BCUT2D eigenvalue weighted by Crippen LogP contribution is 2.38. The Hall–Kier alpha value is -3.62. The second kappa shape index (κ2) is 11.0. The third kappa shape index (κ3) is 5.45. The van der Waals surface area contributed by atoms with Gasteiger partial charge in [0.05, 0.1) is 17.8 Å². The molecule has 1 aliphatic rings. The zero-order valence-corrected chi connectivity index (χ0v) is 21.9. The molecule has 3 aromatic carbocycles. The van der Waals surface area contributed by atoms with Crippen molar-refractivity contribution in [2.75, 3.05) is 12.0 Å². The lowest BCUT2D eigenvalue weighted by Gasteiger charge is -2.26. The topological polar surface area (TPSA) is 84.9 Å². The molecule has 36 heavy (non-hydrogen) atoms. The van der Waals surface area contributed by atoms with E-state index in [1.807, 2.05) is 43.3 Å². The van der Waals surface area contributed by atoms with Crippen molar-refractivity contribution in [2.45, 2.75) is 20.0 Å². The molecule has 3 aromatic rings. The Kier molecular flexibility index (Phi) is 7.76. The van der Waals surface area contributed by atoms with Crippen molar-refractivity contribution in [3.8, 4) is 11.5 Å². The molecule has 9 heteroatoms. The molecule has 7 nitrogen and oxygen atoms in total. The molecule has 0 saturated carbocycles. The van der Waals surface area contributed by atoms with Crippen LogP contribution in [0.5, 0.6) is 11.5 Å². The number of carbonyl (C=O) groups is 3. The molecule has 1 aliphatic heterocycles. The van der Waals surface area contributed by atoms with E-state index in [1.165, 1.54) is 13.2 Å². The van der Waals surface area contributed by atoms with Gasteiger partial charge in [-0.2, -0.15) is 0 Å². The summed E-state index contributed by atoms with van der Waals surface area (Å²) in [7, 11) is 1.47. The molecule has 0 atom stereocenters. The first kappa shape index (κ1) is 25.5. The van der Waals surface area contributed by atoms with E-state index >= 15 is 0 Å². The Bertz CT molecular complexity index is 1350. The average molecular weight is 570 g/mol. The van der Waals surface area contributed by atoms with Crippen LogP contribution in [0.1, 0.15) is 23.6 Å². The highest BCUT2D eigenvalue weighted by molar-refractivity contribution is 9.10. The van der Waals surface area contributed by atoms with E-state index in [0.717, 1.165) is 26.9 Å². The fourth-order valence-corrected chi connectivity index (χ4v) is 4.18. The van der Waals surface area contributed by atoms with Crippen molar-refractivity contribution >= 4 is 57.1 Å². The SMILES string of the molecule is CCc1ccc(N2C(=O)NC(=O)/C(=C/c3cc(Cl)c(OCc4ccc(Br)cc4)c(OC)c3)C2=O)cc1. The highest BCUT2D eigenvalue weighted by Gasteiger charge is 2.36. The number of ether oxygens (including phenoxy) is 2. The smallest absolute Gasteiger partial charge is 0.335 e. The van der Waals surface area contributed by atoms with Gasteiger partial charge in [0.15, 0.2) is 11.5 Å². The lowest BCUT2D eigenvalue weighted by molar-refractivity contribution is -0.122. The van der Waals surface area contributed by atoms with Gasteiger partial charge in [0, 0.05) is 4.47 Å². The molecule has 1 N–H and O–H groups in total. The number of nitrogens with zero attached hydrogens (tertiary/aromatic N) is 1. The Morgan fingerprint density at radius 3 is 2.31 bits per heavy atom. The van der Waals surface area contributed by atoms with Gasteiger partial charge in [-0.25, -0.2) is 9.69 Å². The summed E-state index contributed by atoms with van der Waals surface area (Å²) in [6, 6.07) is 17.0. The van der Waals surface area contributed by atoms with Gasteiger partial charge in [-0.05, 0) is 65.6 Å². The van der Waals surface area contributed by atoms with Crippen LogP contribution in [0, 0.1) is 0 Å². The van der Waals surface area contributed by atoms with Crippen LogP contribution in [0.3, 0.4) is 0 Å². The minimum Gasteiger partial charge on any atom is -0.493 e. The number of hydrogen-bond acceptors (Lipinski definition) is 5. The van der Waals surface area contributed by atoms with Crippen molar-refractivity contribution in [3.05, 3.63) is 92.4 Å². The maximum absolute atomic E-state index is 13.2. The second-order valence-electron chi connectivity index (χ2n) is 7.93. The number of anilines is 1. The molecular formula is C27H22BrClN2O5. The second-order valence-corrected chi connectivity index (χ2v) is 9.25. The maximum Gasteiger partial charge on any atom is 0.335 e. The van der Waals surface area contributed by atoms with Gasteiger partial charge in [-0.15, -0.1) is 0 Å². The third-order valence-corrected chi connectivity index (χ3v) is 6.37. The minimum atomic E-state index is -0.807. The monoisotopic (exact) mass is 568 g/mol. The Balaban J connectivity index is 1.62. The van der Waals surface area contributed by atoms with Crippen LogP contribution in [-0.2, 0) is 22.6 Å². The fraction of sp³-hybridized carbons (Fsp3) is 0.148. The van der Waals surface area contributed by atoms with Crippen LogP contribution in [0.2, 0.25) is 5.02 Å². The third-order valence-electron chi connectivity index (χ3n) is 5.56. The van der Waals surface area contributed by atoms with Crippen LogP contribution in [0.4, 0.5) is 10.5 Å². The van der Waals surface area contributed by atoms with Crippen LogP contribution in [0.15, 0.2) is 70.7 Å². The molecule has 4 amide bonds. The number of aryl methyl sites for hydroxylation is 1. The van der Waals surface area contributed by atoms with E-state index in [2.05, 4.69) is 21.2 Å². The Labute approximate surface area is 221 Å². The van der Waals surface area contributed by atoms with Crippen molar-refractivity contribution in [1.29, 1.82) is 0 Å². The number of imide groups is 2. The van der Waals surface area contributed by atoms with Crippen LogP contribution >= 0.6 is 27.5 Å². The quantitative estimate of drug-likeness (QED) is 0.282. The van der Waals surface area contributed by atoms with E-state index in [4.69, 9.17) is 21.1 Å². The Morgan fingerprint density at radius 2 is 1.67 bits per heavy atom. The van der Waals surface area contributed by atoms with Crippen LogP contribution in [-0.4, -0.2) is 25.0 Å². The fourth-order valence-electron chi connectivity index (χ4n) is 3.64. The minimum absolute atomic E-state index is 0.212. The first-order valence-electron chi connectivity index (χ1n) is 11.1. The summed E-state index contributed by atoms with van der Waals surface area (Å²) in [6.45, 7) is 2.27. The molecule has 0 aromatic heterocycles. The van der Waals surface area contributed by atoms with Gasteiger partial charge in [-0.1, -0.05) is 58.7 Å². The van der Waals surface area contributed by atoms with Gasteiger partial charge < -0.3 is 9.47 Å². The van der Waals surface area contributed by atoms with Crippen LogP contribution in [0.25, 0.3) is 6.08 Å². The number of urea groups is 1. The van der Waals surface area contributed by atoms with E-state index in [-0.39, 0.29) is 17.2 Å². The molecule has 0 unspecified atom stereocenters. The highest BCUT2D eigenvalue weighted by atomic mass is 79.9. The van der Waals surface area contributed by atoms with Gasteiger partial charge >= 0.3 is 6.03 Å². The summed E-state index contributed by atoms with van der Waals surface area (Å²) >= 11 is 9.88. The lowest BCUT2D eigenvalue weighted by Crippen LogP contribution is -2.54. The van der Waals surface area contributed by atoms with Gasteiger partial charge in [0.2, 0.25) is 0 Å². The molecular weight excluding hydrogens is 548 g/mol. The molecule has 1 fully saturated rings. The zero-order valence-electron chi connectivity index (χ0n) is 19.5. The zero-order chi connectivity index (χ0) is 25.8. The largest absolute Gasteiger partial charge is 0.493 e. The predicted octanol–water partition coefficient (Wildman–Crippen LogP) is 5.92. The molecule has 0 radical (unpaired) electrons. The normalized spacial score (nSPS) is 14.7. The van der Waals surface area contributed by atoms with E-state index in [1.54, 1.807) is 24.3 Å². The number of barbiturate groups is 1. The number of methoxy groups -OCH3 is 1. The van der Waals surface area contributed by atoms with Gasteiger partial charge in [-0.3, -0.25) is 14.9 Å². The first-order valence-corrected chi connectivity index (χ1v) is 12.2. The number of halogens is 2. The van der Waals surface area contributed by atoms with E-state index in [9.17, 15) is 14.4 Å². The molecule has 184 valence electrons. The summed E-state index contributed by atoms with van der Waals surface area (Å²) in [5, 5.41) is 2.46. The summed E-state index contributed by atoms with van der Waals surface area (Å²) < 4.78 is 12.3. The predicted molar refractivity (Wildman–Crippen MR) is 141 cm³/mol. The summed E-state index contributed by atoms with van der Waals surface area (Å²) in [5.74, 6) is -0.870. The summed E-state index contributed by atoms with van der Waals surface area (Å²) in [4.78, 5) is 39.1. The maximum atomic E-state index is 13.2. The summed E-state index contributed by atoms with van der Waals surface area (Å²) in [6.07, 6.45) is 2.18. The standard InChI is InChI=1S/C27H22BrClN2O5/c1-3-16-6-10-20(11-7-16)31-26(33)21(25(32)30-27(31)34)12-18-13-22(29)24(23(14-18)35-2)36-15-17-4-8-19(28)9-5-17/h4-14H,3,15H2,1-2H3,(H,30,32,34)/b21-12-. The van der Waals surface area contributed by atoms with Crippen molar-refractivity contribution in [3.63, 3.8) is 0 Å². The number of nitrogens with one attached hydrogen (secondary N) is 1. The van der Waals surface area contributed by atoms with Crippen molar-refractivity contribution < 1.29 is 23.9 Å². The van der Waals surface area contributed by atoms with Crippen molar-refractivity contribution in [2.24, 2.45) is 0 Å².